The van der Waals surface area contributed by atoms with Crippen molar-refractivity contribution in [1.82, 2.24) is 4.90 Å². The van der Waals surface area contributed by atoms with Gasteiger partial charge in [-0.05, 0) is 36.6 Å². The first-order chi connectivity index (χ1) is 10.1. The van der Waals surface area contributed by atoms with E-state index in [1.165, 1.54) is 12.0 Å². The summed E-state index contributed by atoms with van der Waals surface area (Å²) >= 11 is 5.30. The minimum atomic E-state index is -0.442. The normalized spacial score (nSPS) is 24.9. The number of carbonyl (C=O) groups is 2. The van der Waals surface area contributed by atoms with Gasteiger partial charge in [0.25, 0.3) is 0 Å². The van der Waals surface area contributed by atoms with Crippen LogP contribution in [0.15, 0.2) is 27.6 Å². The number of benzene rings is 1. The summed E-state index contributed by atoms with van der Waals surface area (Å²) in [5.74, 6) is 0.695. The number of carbonyl (C=O) groups excluding carboxylic acids is 2. The van der Waals surface area contributed by atoms with E-state index in [-0.39, 0.29) is 17.9 Å². The summed E-state index contributed by atoms with van der Waals surface area (Å²) in [7, 11) is 1.38. The van der Waals surface area contributed by atoms with Crippen LogP contribution in [-0.4, -0.2) is 35.7 Å². The van der Waals surface area contributed by atoms with Crippen LogP contribution in [0.3, 0.4) is 0 Å². The molecule has 2 heterocycles. The fourth-order valence-corrected chi connectivity index (χ4v) is 4.56. The fraction of sp³-hybridized carbons (Fsp3) is 0.467. The first-order valence-electron chi connectivity index (χ1n) is 6.93. The lowest BCUT2D eigenvalue weighted by molar-refractivity contribution is -0.151. The maximum atomic E-state index is 12.3. The molecule has 0 aromatic heterocycles. The van der Waals surface area contributed by atoms with E-state index in [4.69, 9.17) is 4.74 Å². The van der Waals surface area contributed by atoms with E-state index in [2.05, 4.69) is 28.1 Å². The van der Waals surface area contributed by atoms with Crippen LogP contribution in [0.2, 0.25) is 0 Å². The Labute approximate surface area is 136 Å². The molecule has 1 fully saturated rings. The van der Waals surface area contributed by atoms with Crippen LogP contribution in [-0.2, 0) is 14.3 Å². The lowest BCUT2D eigenvalue weighted by atomic mass is 10.0. The van der Waals surface area contributed by atoms with Crippen LogP contribution in [0.4, 0.5) is 0 Å². The van der Waals surface area contributed by atoms with E-state index in [9.17, 15) is 9.59 Å². The van der Waals surface area contributed by atoms with E-state index < -0.39 is 6.04 Å². The lowest BCUT2D eigenvalue weighted by Crippen LogP contribution is -2.42. The number of fused-ring (bicyclic) bond motifs is 1. The molecule has 0 bridgehead atoms. The van der Waals surface area contributed by atoms with Crippen LogP contribution >= 0.6 is 27.7 Å². The highest BCUT2D eigenvalue weighted by atomic mass is 79.9. The minimum Gasteiger partial charge on any atom is -0.467 e. The molecule has 0 saturated carbocycles. The third-order valence-electron chi connectivity index (χ3n) is 4.04. The summed E-state index contributed by atoms with van der Waals surface area (Å²) in [6.45, 7) is 0. The van der Waals surface area contributed by atoms with Crippen molar-refractivity contribution < 1.29 is 14.3 Å². The van der Waals surface area contributed by atoms with E-state index in [1.807, 2.05) is 6.07 Å². The molecule has 2 aliphatic rings. The SMILES string of the molecule is COC(=O)C1CCC(=O)N1C1CCSc2ccc(Br)cc21. The topological polar surface area (TPSA) is 46.6 Å². The molecule has 0 spiro atoms. The van der Waals surface area contributed by atoms with Crippen molar-refractivity contribution in [3.63, 3.8) is 0 Å². The Morgan fingerprint density at radius 3 is 3.00 bits per heavy atom. The molecular formula is C15H16BrNO3S. The number of likely N-dealkylation sites (tertiary alicyclic amines) is 1. The Balaban J connectivity index is 1.98. The number of hydrogen-bond donors (Lipinski definition) is 0. The molecule has 2 unspecified atom stereocenters. The monoisotopic (exact) mass is 369 g/mol. The number of ether oxygens (including phenoxy) is 1. The van der Waals surface area contributed by atoms with E-state index in [0.717, 1.165) is 22.2 Å². The summed E-state index contributed by atoms with van der Waals surface area (Å²) in [6, 6.07) is 5.67. The molecule has 4 nitrogen and oxygen atoms in total. The zero-order valence-corrected chi connectivity index (χ0v) is 14.1. The Morgan fingerprint density at radius 2 is 2.24 bits per heavy atom. The van der Waals surface area contributed by atoms with Gasteiger partial charge in [0.15, 0.2) is 0 Å². The average Bonchev–Trinajstić information content (AvgIpc) is 2.87. The van der Waals surface area contributed by atoms with Gasteiger partial charge in [-0.25, -0.2) is 4.79 Å². The molecule has 2 aliphatic heterocycles. The quantitative estimate of drug-likeness (QED) is 0.751. The molecular weight excluding hydrogens is 354 g/mol. The van der Waals surface area contributed by atoms with Gasteiger partial charge in [0.05, 0.1) is 13.2 Å². The van der Waals surface area contributed by atoms with Crippen molar-refractivity contribution in [2.24, 2.45) is 0 Å². The second kappa shape index (κ2) is 6.01. The first-order valence-corrected chi connectivity index (χ1v) is 8.71. The summed E-state index contributed by atoms with van der Waals surface area (Å²) in [5, 5.41) is 0. The summed E-state index contributed by atoms with van der Waals surface area (Å²) in [4.78, 5) is 27.2. The third kappa shape index (κ3) is 2.71. The Kier molecular flexibility index (Phi) is 4.26. The molecule has 21 heavy (non-hydrogen) atoms. The third-order valence-corrected chi connectivity index (χ3v) is 5.66. The smallest absolute Gasteiger partial charge is 0.328 e. The van der Waals surface area contributed by atoms with Gasteiger partial charge < -0.3 is 9.64 Å². The Morgan fingerprint density at radius 1 is 1.43 bits per heavy atom. The number of nitrogens with zero attached hydrogens (tertiary/aromatic N) is 1. The van der Waals surface area contributed by atoms with Gasteiger partial charge in [-0.3, -0.25) is 4.79 Å². The van der Waals surface area contributed by atoms with Crippen molar-refractivity contribution in [2.75, 3.05) is 12.9 Å². The van der Waals surface area contributed by atoms with E-state index >= 15 is 0 Å². The molecule has 1 aromatic carbocycles. The largest absolute Gasteiger partial charge is 0.467 e. The molecule has 112 valence electrons. The van der Waals surface area contributed by atoms with Crippen LogP contribution < -0.4 is 0 Å². The number of hydrogen-bond acceptors (Lipinski definition) is 4. The highest BCUT2D eigenvalue weighted by molar-refractivity contribution is 9.10. The Bertz CT molecular complexity index is 592. The van der Waals surface area contributed by atoms with Gasteiger partial charge in [0, 0.05) is 21.5 Å². The van der Waals surface area contributed by atoms with Gasteiger partial charge in [-0.2, -0.15) is 0 Å². The van der Waals surface area contributed by atoms with Gasteiger partial charge in [-0.15, -0.1) is 11.8 Å². The van der Waals surface area contributed by atoms with E-state index in [1.54, 1.807) is 16.7 Å². The van der Waals surface area contributed by atoms with Crippen LogP contribution in [0.5, 0.6) is 0 Å². The van der Waals surface area contributed by atoms with Crippen LogP contribution in [0, 0.1) is 0 Å². The first kappa shape index (κ1) is 14.9. The fourth-order valence-electron chi connectivity index (χ4n) is 3.10. The summed E-state index contributed by atoms with van der Waals surface area (Å²) < 4.78 is 5.86. The molecule has 1 aromatic rings. The van der Waals surface area contributed by atoms with Crippen molar-refractivity contribution in [2.45, 2.75) is 36.2 Å². The van der Waals surface area contributed by atoms with Crippen LogP contribution in [0.1, 0.15) is 30.9 Å². The molecule has 1 saturated heterocycles. The maximum Gasteiger partial charge on any atom is 0.328 e. The van der Waals surface area contributed by atoms with Gasteiger partial charge in [0.2, 0.25) is 5.91 Å². The number of thioether (sulfide) groups is 1. The van der Waals surface area contributed by atoms with Crippen LogP contribution in [0.25, 0.3) is 0 Å². The number of methoxy groups -OCH3 is 1. The summed E-state index contributed by atoms with van der Waals surface area (Å²) in [5.41, 5.74) is 1.13. The second-order valence-electron chi connectivity index (χ2n) is 5.21. The second-order valence-corrected chi connectivity index (χ2v) is 7.27. The summed E-state index contributed by atoms with van der Waals surface area (Å²) in [6.07, 6.45) is 1.85. The van der Waals surface area contributed by atoms with Gasteiger partial charge in [-0.1, -0.05) is 15.9 Å². The molecule has 1 amide bonds. The highest BCUT2D eigenvalue weighted by Crippen LogP contribution is 2.43. The predicted octanol–water partition coefficient (Wildman–Crippen LogP) is 3.15. The number of halogens is 1. The predicted molar refractivity (Wildman–Crippen MR) is 84.1 cm³/mol. The molecule has 2 atom stereocenters. The zero-order chi connectivity index (χ0) is 15.0. The standard InChI is InChI=1S/C15H16BrNO3S/c1-20-15(19)12-3-5-14(18)17(12)11-6-7-21-13-4-2-9(16)8-10(11)13/h2,4,8,11-12H,3,5-7H2,1H3. The van der Waals surface area contributed by atoms with Gasteiger partial charge >= 0.3 is 5.97 Å². The maximum absolute atomic E-state index is 12.3. The molecule has 6 heteroatoms. The zero-order valence-electron chi connectivity index (χ0n) is 11.7. The van der Waals surface area contributed by atoms with Crippen molar-refractivity contribution in [1.29, 1.82) is 0 Å². The highest BCUT2D eigenvalue weighted by Gasteiger charge is 2.42. The molecule has 0 N–H and O–H groups in total. The molecule has 0 radical (unpaired) electrons. The number of rotatable bonds is 2. The lowest BCUT2D eigenvalue weighted by Gasteiger charge is -2.35. The van der Waals surface area contributed by atoms with Crippen molar-refractivity contribution in [3.05, 3.63) is 28.2 Å². The number of amides is 1. The molecule has 3 rings (SSSR count). The van der Waals surface area contributed by atoms with Crippen molar-refractivity contribution >= 4 is 39.6 Å². The number of esters is 1. The molecule has 0 aliphatic carbocycles. The minimum absolute atomic E-state index is 0.0298. The van der Waals surface area contributed by atoms with Crippen molar-refractivity contribution in [3.8, 4) is 0 Å². The van der Waals surface area contributed by atoms with E-state index in [0.29, 0.717) is 12.8 Å². The Hall–Kier alpha value is -1.01. The van der Waals surface area contributed by atoms with Gasteiger partial charge in [0.1, 0.15) is 6.04 Å². The average molecular weight is 370 g/mol.